The average Bonchev–Trinajstić information content (AvgIpc) is 2.72. The third-order valence-corrected chi connectivity index (χ3v) is 4.76. The second-order valence-electron chi connectivity index (χ2n) is 3.61. The molecule has 0 atom stereocenters. The lowest BCUT2D eigenvalue weighted by Gasteiger charge is -2.04. The van der Waals surface area contributed by atoms with Crippen LogP contribution in [0.5, 0.6) is 0 Å². The summed E-state index contributed by atoms with van der Waals surface area (Å²) in [4.78, 5) is 11.8. The number of unbranched alkanes of at least 4 members (excludes halogenated alkanes) is 1. The Morgan fingerprint density at radius 1 is 1.47 bits per heavy atom. The predicted molar refractivity (Wildman–Crippen MR) is 69.9 cm³/mol. The van der Waals surface area contributed by atoms with Gasteiger partial charge in [-0.25, -0.2) is 0 Å². The topological polar surface area (TPSA) is 29.1 Å². The van der Waals surface area contributed by atoms with Crippen LogP contribution >= 0.6 is 21.6 Å². The van der Waals surface area contributed by atoms with Crippen LogP contribution in [-0.2, 0) is 4.79 Å². The summed E-state index contributed by atoms with van der Waals surface area (Å²) >= 11 is 0. The highest BCUT2D eigenvalue weighted by atomic mass is 33.1. The molecule has 0 unspecified atom stereocenters. The van der Waals surface area contributed by atoms with E-state index in [1.807, 2.05) is 7.05 Å². The second kappa shape index (κ2) is 7.23. The standard InChI is InChI=1S/C11H19NOS2/c1-3-4-8-14-15-11(13)9-6-5-7-10(9)12-2/h12H,3-8H2,1-2H3. The summed E-state index contributed by atoms with van der Waals surface area (Å²) in [6.07, 6.45) is 5.51. The first-order valence-corrected chi connectivity index (χ1v) is 7.85. The van der Waals surface area contributed by atoms with Crippen molar-refractivity contribution in [2.45, 2.75) is 39.0 Å². The Hall–Kier alpha value is -0.0900. The Morgan fingerprint density at radius 2 is 2.27 bits per heavy atom. The molecule has 0 aromatic heterocycles. The molecule has 0 bridgehead atoms. The van der Waals surface area contributed by atoms with Gasteiger partial charge in [-0.15, -0.1) is 0 Å². The summed E-state index contributed by atoms with van der Waals surface area (Å²) in [5.74, 6) is 1.08. The Morgan fingerprint density at radius 3 is 2.93 bits per heavy atom. The van der Waals surface area contributed by atoms with Gasteiger partial charge in [-0.05, 0) is 36.5 Å². The van der Waals surface area contributed by atoms with Gasteiger partial charge >= 0.3 is 0 Å². The molecule has 4 heteroatoms. The molecule has 0 aromatic carbocycles. The van der Waals surface area contributed by atoms with Crippen molar-refractivity contribution in [2.75, 3.05) is 12.8 Å². The van der Waals surface area contributed by atoms with E-state index in [0.717, 1.165) is 36.3 Å². The summed E-state index contributed by atoms with van der Waals surface area (Å²) in [6, 6.07) is 0. The fourth-order valence-electron chi connectivity index (χ4n) is 1.59. The van der Waals surface area contributed by atoms with Crippen molar-refractivity contribution in [3.63, 3.8) is 0 Å². The smallest absolute Gasteiger partial charge is 0.227 e. The molecular formula is C11H19NOS2. The zero-order chi connectivity index (χ0) is 11.1. The molecule has 0 spiro atoms. The van der Waals surface area contributed by atoms with E-state index in [9.17, 15) is 4.79 Å². The van der Waals surface area contributed by atoms with Crippen molar-refractivity contribution >= 4 is 26.7 Å². The van der Waals surface area contributed by atoms with Crippen molar-refractivity contribution < 1.29 is 4.79 Å². The van der Waals surface area contributed by atoms with Crippen molar-refractivity contribution in [1.82, 2.24) is 5.32 Å². The maximum atomic E-state index is 11.8. The third kappa shape index (κ3) is 4.11. The minimum Gasteiger partial charge on any atom is -0.391 e. The van der Waals surface area contributed by atoms with Crippen LogP contribution in [0.25, 0.3) is 0 Å². The highest BCUT2D eigenvalue weighted by Gasteiger charge is 2.20. The second-order valence-corrected chi connectivity index (χ2v) is 6.00. The van der Waals surface area contributed by atoms with Gasteiger partial charge in [-0.3, -0.25) is 4.79 Å². The van der Waals surface area contributed by atoms with E-state index in [0.29, 0.717) is 0 Å². The monoisotopic (exact) mass is 245 g/mol. The van der Waals surface area contributed by atoms with Gasteiger partial charge in [0, 0.05) is 24.1 Å². The van der Waals surface area contributed by atoms with Crippen LogP contribution < -0.4 is 5.32 Å². The first-order chi connectivity index (χ1) is 7.29. The zero-order valence-electron chi connectivity index (χ0n) is 9.47. The normalized spacial score (nSPS) is 15.9. The molecule has 0 saturated heterocycles. The lowest BCUT2D eigenvalue weighted by molar-refractivity contribution is -0.107. The molecule has 0 fully saturated rings. The van der Waals surface area contributed by atoms with E-state index in [4.69, 9.17) is 0 Å². The third-order valence-electron chi connectivity index (χ3n) is 2.48. The van der Waals surface area contributed by atoms with Crippen LogP contribution in [0, 0.1) is 0 Å². The lowest BCUT2D eigenvalue weighted by atomic mass is 10.2. The van der Waals surface area contributed by atoms with Gasteiger partial charge in [0.15, 0.2) is 0 Å². The maximum absolute atomic E-state index is 11.8. The van der Waals surface area contributed by atoms with Crippen molar-refractivity contribution in [1.29, 1.82) is 0 Å². The summed E-state index contributed by atoms with van der Waals surface area (Å²) in [5.41, 5.74) is 2.18. The Kier molecular flexibility index (Phi) is 6.25. The molecular weight excluding hydrogens is 226 g/mol. The molecule has 1 aliphatic carbocycles. The SMILES string of the molecule is CCCCSSC(=O)C1=C(NC)CCC1. The van der Waals surface area contributed by atoms with Gasteiger partial charge in [0.25, 0.3) is 0 Å². The number of hydrogen-bond acceptors (Lipinski definition) is 4. The fraction of sp³-hybridized carbons (Fsp3) is 0.727. The van der Waals surface area contributed by atoms with Crippen LogP contribution in [0.4, 0.5) is 0 Å². The summed E-state index contributed by atoms with van der Waals surface area (Å²) in [5, 5.41) is 3.39. The van der Waals surface area contributed by atoms with E-state index in [-0.39, 0.29) is 5.12 Å². The van der Waals surface area contributed by atoms with Gasteiger partial charge in [0.05, 0.1) is 0 Å². The summed E-state index contributed by atoms with van der Waals surface area (Å²) < 4.78 is 0. The molecule has 1 N–H and O–H groups in total. The minimum atomic E-state index is 0.262. The van der Waals surface area contributed by atoms with E-state index in [1.165, 1.54) is 23.6 Å². The van der Waals surface area contributed by atoms with Crippen LogP contribution in [0.15, 0.2) is 11.3 Å². The number of rotatable bonds is 6. The quantitative estimate of drug-likeness (QED) is 0.574. The first kappa shape index (κ1) is 13.0. The van der Waals surface area contributed by atoms with E-state index >= 15 is 0 Å². The molecule has 0 amide bonds. The molecule has 0 aromatic rings. The first-order valence-electron chi connectivity index (χ1n) is 5.53. The molecule has 1 aliphatic rings. The molecule has 2 nitrogen and oxygen atoms in total. The Labute approximate surface area is 100 Å². The van der Waals surface area contributed by atoms with Crippen LogP contribution in [0.2, 0.25) is 0 Å². The molecule has 0 aliphatic heterocycles. The average molecular weight is 245 g/mol. The molecule has 15 heavy (non-hydrogen) atoms. The van der Waals surface area contributed by atoms with Crippen molar-refractivity contribution in [2.24, 2.45) is 0 Å². The van der Waals surface area contributed by atoms with Crippen molar-refractivity contribution in [3.05, 3.63) is 11.3 Å². The van der Waals surface area contributed by atoms with Crippen LogP contribution in [0.1, 0.15) is 39.0 Å². The lowest BCUT2D eigenvalue weighted by Crippen LogP contribution is -2.08. The Balaban J connectivity index is 2.33. The number of carbonyl (C=O) groups excluding carboxylic acids is 1. The number of carbonyl (C=O) groups is 1. The zero-order valence-corrected chi connectivity index (χ0v) is 11.1. The molecule has 86 valence electrons. The summed E-state index contributed by atoms with van der Waals surface area (Å²) in [6.45, 7) is 2.17. The highest BCUT2D eigenvalue weighted by Crippen LogP contribution is 2.33. The fourth-order valence-corrected chi connectivity index (χ4v) is 3.74. The minimum absolute atomic E-state index is 0.262. The largest absolute Gasteiger partial charge is 0.391 e. The van der Waals surface area contributed by atoms with Gasteiger partial charge in [-0.1, -0.05) is 24.1 Å². The van der Waals surface area contributed by atoms with Gasteiger partial charge in [0.1, 0.15) is 0 Å². The molecule has 0 saturated carbocycles. The molecule has 1 rings (SSSR count). The summed E-state index contributed by atoms with van der Waals surface area (Å²) in [7, 11) is 5.01. The molecule has 0 heterocycles. The molecule has 0 radical (unpaired) electrons. The van der Waals surface area contributed by atoms with Crippen LogP contribution in [-0.4, -0.2) is 17.9 Å². The Bertz CT molecular complexity index is 251. The van der Waals surface area contributed by atoms with Gasteiger partial charge in [0.2, 0.25) is 5.12 Å². The van der Waals surface area contributed by atoms with Crippen LogP contribution in [0.3, 0.4) is 0 Å². The highest BCUT2D eigenvalue weighted by molar-refractivity contribution is 8.82. The van der Waals surface area contributed by atoms with E-state index < -0.39 is 0 Å². The van der Waals surface area contributed by atoms with Gasteiger partial charge in [-0.2, -0.15) is 0 Å². The maximum Gasteiger partial charge on any atom is 0.227 e. The van der Waals surface area contributed by atoms with E-state index in [1.54, 1.807) is 10.8 Å². The van der Waals surface area contributed by atoms with Gasteiger partial charge < -0.3 is 5.32 Å². The van der Waals surface area contributed by atoms with E-state index in [2.05, 4.69) is 12.2 Å². The number of hydrogen-bond donors (Lipinski definition) is 1. The predicted octanol–water partition coefficient (Wildman–Crippen LogP) is 3.35. The van der Waals surface area contributed by atoms with Crippen molar-refractivity contribution in [3.8, 4) is 0 Å². The number of allylic oxidation sites excluding steroid dienone is 1. The number of nitrogens with one attached hydrogen (secondary N) is 1.